The third-order valence-electron chi connectivity index (χ3n) is 2.67. The summed E-state index contributed by atoms with van der Waals surface area (Å²) in [5, 5.41) is 11.9. The van der Waals surface area contributed by atoms with Crippen LogP contribution in [0.2, 0.25) is 0 Å². The first-order chi connectivity index (χ1) is 10.1. The van der Waals surface area contributed by atoms with Crippen molar-refractivity contribution in [1.29, 1.82) is 5.26 Å². The van der Waals surface area contributed by atoms with Crippen molar-refractivity contribution in [3.63, 3.8) is 0 Å². The number of nitriles is 1. The summed E-state index contributed by atoms with van der Waals surface area (Å²) in [6.45, 7) is 0. The number of benzene rings is 2. The maximum absolute atomic E-state index is 12.1. The molecule has 0 aliphatic carbocycles. The van der Waals surface area contributed by atoms with E-state index in [1.165, 1.54) is 0 Å². The van der Waals surface area contributed by atoms with Crippen molar-refractivity contribution < 1.29 is 4.79 Å². The molecule has 0 saturated heterocycles. The van der Waals surface area contributed by atoms with Gasteiger partial charge < -0.3 is 5.32 Å². The molecule has 0 atom stereocenters. The van der Waals surface area contributed by atoms with Crippen LogP contribution in [0.4, 0.5) is 5.69 Å². The van der Waals surface area contributed by atoms with Crippen LogP contribution in [0.15, 0.2) is 58.6 Å². The Morgan fingerprint density at radius 2 is 1.86 bits per heavy atom. The molecule has 0 spiro atoms. The van der Waals surface area contributed by atoms with Crippen molar-refractivity contribution in [2.75, 3.05) is 5.32 Å². The van der Waals surface area contributed by atoms with Gasteiger partial charge in [-0.2, -0.15) is 5.26 Å². The molecule has 0 radical (unpaired) electrons. The number of rotatable bonds is 3. The number of hydrogen-bond donors (Lipinski definition) is 1. The molecule has 0 heterocycles. The molecule has 0 saturated carbocycles. The van der Waals surface area contributed by atoms with E-state index in [1.807, 2.05) is 42.5 Å². The normalized spacial score (nSPS) is 10.8. The highest BCUT2D eigenvalue weighted by Crippen LogP contribution is 2.17. The molecule has 0 aliphatic rings. The zero-order valence-electron chi connectivity index (χ0n) is 10.8. The Bertz CT molecular complexity index is 733. The highest BCUT2D eigenvalue weighted by molar-refractivity contribution is 14.1. The Morgan fingerprint density at radius 1 is 1.19 bits per heavy atom. The SMILES string of the molecule is N#C/C(=C/c1ccccc1I)C(=O)Nc1ccc(Br)cc1. The second-order valence-electron chi connectivity index (χ2n) is 4.15. The average molecular weight is 453 g/mol. The van der Waals surface area contributed by atoms with Gasteiger partial charge in [0.25, 0.3) is 5.91 Å². The number of nitrogens with zero attached hydrogens (tertiary/aromatic N) is 1. The molecule has 0 bridgehead atoms. The van der Waals surface area contributed by atoms with Crippen LogP contribution in [-0.2, 0) is 4.79 Å². The van der Waals surface area contributed by atoms with Gasteiger partial charge in [-0.1, -0.05) is 34.1 Å². The predicted molar refractivity (Wildman–Crippen MR) is 95.5 cm³/mol. The Morgan fingerprint density at radius 3 is 2.48 bits per heavy atom. The largest absolute Gasteiger partial charge is 0.321 e. The molecule has 0 aromatic heterocycles. The Balaban J connectivity index is 2.22. The lowest BCUT2D eigenvalue weighted by atomic mass is 10.1. The van der Waals surface area contributed by atoms with E-state index in [2.05, 4.69) is 43.8 Å². The Labute approximate surface area is 144 Å². The number of amides is 1. The molecule has 2 aromatic rings. The highest BCUT2D eigenvalue weighted by Gasteiger charge is 2.10. The first kappa shape index (κ1) is 15.7. The van der Waals surface area contributed by atoms with Crippen molar-refractivity contribution in [2.45, 2.75) is 0 Å². The molecule has 1 N–H and O–H groups in total. The fourth-order valence-corrected chi connectivity index (χ4v) is 2.44. The molecular weight excluding hydrogens is 443 g/mol. The van der Waals surface area contributed by atoms with Crippen LogP contribution >= 0.6 is 38.5 Å². The number of carbonyl (C=O) groups excluding carboxylic acids is 1. The van der Waals surface area contributed by atoms with Gasteiger partial charge in [-0.05, 0) is 64.6 Å². The highest BCUT2D eigenvalue weighted by atomic mass is 127. The summed E-state index contributed by atoms with van der Waals surface area (Å²) in [5.74, 6) is -0.417. The van der Waals surface area contributed by atoms with E-state index in [9.17, 15) is 10.1 Å². The van der Waals surface area contributed by atoms with Gasteiger partial charge in [0.05, 0.1) is 0 Å². The number of hydrogen-bond acceptors (Lipinski definition) is 2. The second-order valence-corrected chi connectivity index (χ2v) is 6.23. The summed E-state index contributed by atoms with van der Waals surface area (Å²) < 4.78 is 1.91. The molecule has 21 heavy (non-hydrogen) atoms. The average Bonchev–Trinajstić information content (AvgIpc) is 2.48. The fourth-order valence-electron chi connectivity index (χ4n) is 1.63. The van der Waals surface area contributed by atoms with Crippen LogP contribution in [0.1, 0.15) is 5.56 Å². The van der Waals surface area contributed by atoms with Crippen molar-refractivity contribution in [1.82, 2.24) is 0 Å². The predicted octanol–water partition coefficient (Wildman–Crippen LogP) is 4.60. The number of carbonyl (C=O) groups is 1. The summed E-state index contributed by atoms with van der Waals surface area (Å²) in [6.07, 6.45) is 1.59. The minimum Gasteiger partial charge on any atom is -0.321 e. The summed E-state index contributed by atoms with van der Waals surface area (Å²) in [4.78, 5) is 12.1. The monoisotopic (exact) mass is 452 g/mol. The smallest absolute Gasteiger partial charge is 0.266 e. The van der Waals surface area contributed by atoms with Crippen molar-refractivity contribution in [3.05, 3.63) is 67.7 Å². The van der Waals surface area contributed by atoms with Gasteiger partial charge in [0.15, 0.2) is 0 Å². The molecule has 0 unspecified atom stereocenters. The minimum atomic E-state index is -0.417. The van der Waals surface area contributed by atoms with E-state index in [-0.39, 0.29) is 5.57 Å². The lowest BCUT2D eigenvalue weighted by molar-refractivity contribution is -0.112. The van der Waals surface area contributed by atoms with Crippen molar-refractivity contribution in [2.24, 2.45) is 0 Å². The third kappa shape index (κ3) is 4.41. The third-order valence-corrected chi connectivity index (χ3v) is 4.18. The summed E-state index contributed by atoms with van der Waals surface area (Å²) in [6, 6.07) is 16.7. The molecule has 0 fully saturated rings. The molecule has 1 amide bonds. The molecule has 5 heteroatoms. The van der Waals surface area contributed by atoms with Crippen LogP contribution in [0.5, 0.6) is 0 Å². The van der Waals surface area contributed by atoms with Crippen molar-refractivity contribution in [3.8, 4) is 6.07 Å². The van der Waals surface area contributed by atoms with Crippen LogP contribution in [0, 0.1) is 14.9 Å². The molecule has 0 aliphatic heterocycles. The molecular formula is C16H10BrIN2O. The van der Waals surface area contributed by atoms with E-state index in [0.29, 0.717) is 5.69 Å². The summed E-state index contributed by atoms with van der Waals surface area (Å²) in [7, 11) is 0. The van der Waals surface area contributed by atoms with E-state index >= 15 is 0 Å². The van der Waals surface area contributed by atoms with Gasteiger partial charge in [-0.15, -0.1) is 0 Å². The van der Waals surface area contributed by atoms with Crippen LogP contribution in [-0.4, -0.2) is 5.91 Å². The summed E-state index contributed by atoms with van der Waals surface area (Å²) in [5.41, 5.74) is 1.56. The van der Waals surface area contributed by atoms with Gasteiger partial charge in [-0.25, -0.2) is 0 Å². The van der Waals surface area contributed by atoms with E-state index in [1.54, 1.807) is 18.2 Å². The van der Waals surface area contributed by atoms with E-state index in [0.717, 1.165) is 13.6 Å². The Kier molecular flexibility index (Phi) is 5.53. The standard InChI is InChI=1S/C16H10BrIN2O/c17-13-5-7-14(8-6-13)20-16(21)12(10-19)9-11-3-1-2-4-15(11)18/h1-9H,(H,20,21)/b12-9-. The number of nitrogens with one attached hydrogen (secondary N) is 1. The first-order valence-electron chi connectivity index (χ1n) is 6.03. The van der Waals surface area contributed by atoms with Gasteiger partial charge in [0, 0.05) is 13.7 Å². The van der Waals surface area contributed by atoms with E-state index < -0.39 is 5.91 Å². The maximum atomic E-state index is 12.1. The van der Waals surface area contributed by atoms with Crippen LogP contribution in [0.25, 0.3) is 6.08 Å². The van der Waals surface area contributed by atoms with Gasteiger partial charge in [-0.3, -0.25) is 4.79 Å². The molecule has 3 nitrogen and oxygen atoms in total. The van der Waals surface area contributed by atoms with Crippen LogP contribution < -0.4 is 5.32 Å². The Hall–Kier alpha value is -1.65. The number of anilines is 1. The van der Waals surface area contributed by atoms with Crippen molar-refractivity contribution >= 4 is 56.2 Å². The quantitative estimate of drug-likeness (QED) is 0.420. The molecule has 104 valence electrons. The topological polar surface area (TPSA) is 52.9 Å². The number of halogens is 2. The minimum absolute atomic E-state index is 0.0713. The second kappa shape index (κ2) is 7.38. The summed E-state index contributed by atoms with van der Waals surface area (Å²) >= 11 is 5.50. The van der Waals surface area contributed by atoms with E-state index in [4.69, 9.17) is 0 Å². The lowest BCUT2D eigenvalue weighted by Crippen LogP contribution is -2.13. The molecule has 2 aromatic carbocycles. The maximum Gasteiger partial charge on any atom is 0.266 e. The van der Waals surface area contributed by atoms with Gasteiger partial charge in [0.1, 0.15) is 11.6 Å². The first-order valence-corrected chi connectivity index (χ1v) is 7.90. The van der Waals surface area contributed by atoms with Crippen LogP contribution in [0.3, 0.4) is 0 Å². The zero-order chi connectivity index (χ0) is 15.2. The van der Waals surface area contributed by atoms with Gasteiger partial charge >= 0.3 is 0 Å². The van der Waals surface area contributed by atoms with Gasteiger partial charge in [0.2, 0.25) is 0 Å². The lowest BCUT2D eigenvalue weighted by Gasteiger charge is -2.05. The molecule has 2 rings (SSSR count). The zero-order valence-corrected chi connectivity index (χ0v) is 14.6. The fraction of sp³-hybridized carbons (Fsp3) is 0.